The molecule has 104 valence electrons. The van der Waals surface area contributed by atoms with Crippen LogP contribution in [-0.2, 0) is 4.79 Å². The lowest BCUT2D eigenvalue weighted by molar-refractivity contribution is -0.134. The van der Waals surface area contributed by atoms with Crippen LogP contribution in [0.3, 0.4) is 0 Å². The molecule has 1 aromatic rings. The highest BCUT2D eigenvalue weighted by atomic mass is 16.4. The Morgan fingerprint density at radius 1 is 1.21 bits per heavy atom. The normalized spacial score (nSPS) is 22.5. The van der Waals surface area contributed by atoms with Crippen molar-refractivity contribution in [2.45, 2.75) is 45.6 Å². The Morgan fingerprint density at radius 3 is 2.21 bits per heavy atom. The van der Waals surface area contributed by atoms with Gasteiger partial charge in [-0.3, -0.25) is 4.79 Å². The third kappa shape index (κ3) is 4.87. The summed E-state index contributed by atoms with van der Waals surface area (Å²) in [4.78, 5) is 9.00. The lowest BCUT2D eigenvalue weighted by Gasteiger charge is -2.28. The van der Waals surface area contributed by atoms with Crippen molar-refractivity contribution in [3.63, 3.8) is 0 Å². The van der Waals surface area contributed by atoms with Gasteiger partial charge in [0.15, 0.2) is 0 Å². The van der Waals surface area contributed by atoms with Gasteiger partial charge in [-0.2, -0.15) is 0 Å². The molecule has 2 N–H and O–H groups in total. The number of carbonyl (C=O) groups is 1. The van der Waals surface area contributed by atoms with Crippen LogP contribution in [0, 0.1) is 0 Å². The summed E-state index contributed by atoms with van der Waals surface area (Å²) in [6, 6.07) is 10.5. The zero-order chi connectivity index (χ0) is 14.4. The number of aliphatic hydroxyl groups excluding tert-OH is 1. The summed E-state index contributed by atoms with van der Waals surface area (Å²) in [5.74, 6) is -0.343. The van der Waals surface area contributed by atoms with Gasteiger partial charge < -0.3 is 10.2 Å². The van der Waals surface area contributed by atoms with Crippen LogP contribution in [-0.4, -0.2) is 22.3 Å². The first-order valence-corrected chi connectivity index (χ1v) is 6.50. The molecular formula is C16H22O3. The minimum Gasteiger partial charge on any atom is -0.481 e. The molecule has 3 heteroatoms. The quantitative estimate of drug-likeness (QED) is 0.763. The van der Waals surface area contributed by atoms with Crippen LogP contribution in [0.4, 0.5) is 0 Å². The van der Waals surface area contributed by atoms with E-state index in [1.165, 1.54) is 16.7 Å². The van der Waals surface area contributed by atoms with E-state index in [1.807, 2.05) is 13.0 Å². The van der Waals surface area contributed by atoms with Crippen molar-refractivity contribution in [2.24, 2.45) is 0 Å². The van der Waals surface area contributed by atoms with Crippen LogP contribution in [0.25, 0.3) is 0 Å². The Morgan fingerprint density at radius 2 is 1.74 bits per heavy atom. The Labute approximate surface area is 114 Å². The van der Waals surface area contributed by atoms with Crippen LogP contribution in [0.5, 0.6) is 0 Å². The second-order valence-electron chi connectivity index (χ2n) is 5.05. The monoisotopic (exact) mass is 262 g/mol. The average molecular weight is 262 g/mol. The molecule has 1 aromatic carbocycles. The number of hydrogen-bond donors (Lipinski definition) is 2. The summed E-state index contributed by atoms with van der Waals surface area (Å²) in [6.45, 7) is 5.26. The maximum Gasteiger partial charge on any atom is 0.300 e. The molecule has 0 saturated heterocycles. The third-order valence-corrected chi connectivity index (χ3v) is 3.50. The summed E-state index contributed by atoms with van der Waals surface area (Å²) >= 11 is 0. The van der Waals surface area contributed by atoms with E-state index in [0.29, 0.717) is 5.92 Å². The van der Waals surface area contributed by atoms with E-state index in [1.54, 1.807) is 0 Å². The fourth-order valence-electron chi connectivity index (χ4n) is 2.32. The molecule has 0 aliphatic heterocycles. The molecule has 0 heterocycles. The van der Waals surface area contributed by atoms with Gasteiger partial charge in [-0.25, -0.2) is 0 Å². The van der Waals surface area contributed by atoms with E-state index < -0.39 is 5.97 Å². The summed E-state index contributed by atoms with van der Waals surface area (Å²) in [6.07, 6.45) is 1.71. The second-order valence-corrected chi connectivity index (χ2v) is 5.05. The molecule has 1 aliphatic rings. The zero-order valence-corrected chi connectivity index (χ0v) is 11.8. The highest BCUT2D eigenvalue weighted by Gasteiger charge is 2.24. The molecule has 0 radical (unpaired) electrons. The fourth-order valence-corrected chi connectivity index (χ4v) is 2.32. The molecule has 2 atom stereocenters. The molecule has 0 aromatic heterocycles. The van der Waals surface area contributed by atoms with Crippen LogP contribution < -0.4 is 0 Å². The van der Waals surface area contributed by atoms with Gasteiger partial charge in [-0.1, -0.05) is 35.9 Å². The van der Waals surface area contributed by atoms with E-state index >= 15 is 0 Å². The smallest absolute Gasteiger partial charge is 0.300 e. The van der Waals surface area contributed by atoms with Crippen molar-refractivity contribution in [2.75, 3.05) is 0 Å². The van der Waals surface area contributed by atoms with Crippen molar-refractivity contribution in [1.82, 2.24) is 0 Å². The standard InChI is InChI=1S/C14H18O.C2H4O2/c1-10-8-13(9-14(15)11(10)2)12-6-4-3-5-7-12;1-2(3)4/h3-7,13-15H,8-9H2,1-2H3;1H3,(H,3,4)/t13-,14-;/m0./s1. The van der Waals surface area contributed by atoms with E-state index in [0.717, 1.165) is 19.8 Å². The third-order valence-electron chi connectivity index (χ3n) is 3.50. The summed E-state index contributed by atoms with van der Waals surface area (Å²) in [5.41, 5.74) is 3.87. The minimum absolute atomic E-state index is 0.246. The number of aliphatic carboxylic acids is 1. The van der Waals surface area contributed by atoms with Crippen LogP contribution in [0.2, 0.25) is 0 Å². The highest BCUT2D eigenvalue weighted by molar-refractivity contribution is 5.62. The first-order chi connectivity index (χ1) is 8.91. The van der Waals surface area contributed by atoms with Gasteiger partial charge in [0.25, 0.3) is 5.97 Å². The maximum atomic E-state index is 9.92. The van der Waals surface area contributed by atoms with Gasteiger partial charge in [0.2, 0.25) is 0 Å². The summed E-state index contributed by atoms with van der Waals surface area (Å²) < 4.78 is 0. The fraction of sp³-hybridized carbons (Fsp3) is 0.438. The van der Waals surface area contributed by atoms with E-state index in [2.05, 4.69) is 31.2 Å². The molecule has 0 spiro atoms. The van der Waals surface area contributed by atoms with Crippen LogP contribution in [0.15, 0.2) is 41.5 Å². The number of carboxylic acid groups (broad SMARTS) is 1. The second kappa shape index (κ2) is 7.10. The minimum atomic E-state index is -0.833. The van der Waals surface area contributed by atoms with Gasteiger partial charge in [0.1, 0.15) is 0 Å². The Hall–Kier alpha value is -1.61. The number of rotatable bonds is 1. The van der Waals surface area contributed by atoms with Gasteiger partial charge >= 0.3 is 0 Å². The Balaban J connectivity index is 0.000000399. The molecule has 0 fully saturated rings. The lowest BCUT2D eigenvalue weighted by Crippen LogP contribution is -2.20. The molecule has 0 bridgehead atoms. The van der Waals surface area contributed by atoms with Crippen molar-refractivity contribution in [3.8, 4) is 0 Å². The molecule has 0 amide bonds. The van der Waals surface area contributed by atoms with E-state index in [4.69, 9.17) is 9.90 Å². The average Bonchev–Trinajstić information content (AvgIpc) is 2.36. The summed E-state index contributed by atoms with van der Waals surface area (Å²) in [7, 11) is 0. The number of benzene rings is 1. The number of allylic oxidation sites excluding steroid dienone is 1. The SMILES string of the molecule is CC(=O)O.CC1=C(C)[C@@H](O)C[C@@H](c2ccccc2)C1. The van der Waals surface area contributed by atoms with Crippen molar-refractivity contribution in [1.29, 1.82) is 0 Å². The van der Waals surface area contributed by atoms with Crippen LogP contribution >= 0.6 is 0 Å². The molecule has 3 nitrogen and oxygen atoms in total. The van der Waals surface area contributed by atoms with Gasteiger partial charge in [-0.05, 0) is 43.7 Å². The molecule has 0 saturated carbocycles. The molecule has 19 heavy (non-hydrogen) atoms. The van der Waals surface area contributed by atoms with Crippen molar-refractivity contribution >= 4 is 5.97 Å². The van der Waals surface area contributed by atoms with E-state index in [-0.39, 0.29) is 6.10 Å². The topological polar surface area (TPSA) is 57.5 Å². The maximum absolute atomic E-state index is 9.92. The first kappa shape index (κ1) is 15.4. The van der Waals surface area contributed by atoms with Crippen molar-refractivity contribution < 1.29 is 15.0 Å². The first-order valence-electron chi connectivity index (χ1n) is 6.50. The highest BCUT2D eigenvalue weighted by Crippen LogP contribution is 2.35. The van der Waals surface area contributed by atoms with Gasteiger partial charge in [-0.15, -0.1) is 0 Å². The van der Waals surface area contributed by atoms with Gasteiger partial charge in [0, 0.05) is 6.92 Å². The lowest BCUT2D eigenvalue weighted by atomic mass is 9.79. The largest absolute Gasteiger partial charge is 0.481 e. The number of carboxylic acids is 1. The molecular weight excluding hydrogens is 240 g/mol. The number of aliphatic hydroxyl groups is 1. The zero-order valence-electron chi connectivity index (χ0n) is 11.8. The number of hydrogen-bond acceptors (Lipinski definition) is 2. The molecule has 2 rings (SSSR count). The summed E-state index contributed by atoms with van der Waals surface area (Å²) in [5, 5.41) is 17.3. The van der Waals surface area contributed by atoms with Crippen LogP contribution in [0.1, 0.15) is 45.1 Å². The van der Waals surface area contributed by atoms with Crippen molar-refractivity contribution in [3.05, 3.63) is 47.0 Å². The Bertz CT molecular complexity index is 444. The Kier molecular flexibility index (Phi) is 5.77. The predicted octanol–water partition coefficient (Wildman–Crippen LogP) is 3.35. The van der Waals surface area contributed by atoms with E-state index in [9.17, 15) is 5.11 Å². The van der Waals surface area contributed by atoms with Gasteiger partial charge in [0.05, 0.1) is 6.10 Å². The predicted molar refractivity (Wildman–Crippen MR) is 76.1 cm³/mol. The molecule has 1 aliphatic carbocycles. The molecule has 0 unspecified atom stereocenters.